The van der Waals surface area contributed by atoms with Crippen LogP contribution in [-0.4, -0.2) is 55.6 Å². The molecule has 1 atom stereocenters. The lowest BCUT2D eigenvalue weighted by Gasteiger charge is -2.20. The number of aromatic nitrogens is 4. The lowest BCUT2D eigenvalue weighted by molar-refractivity contribution is 0.0814. The smallest absolute Gasteiger partial charge is 0.290 e. The average molecular weight is 393 g/mol. The second-order valence-corrected chi connectivity index (χ2v) is 7.23. The van der Waals surface area contributed by atoms with Crippen LogP contribution in [0.1, 0.15) is 31.3 Å². The SMILES string of the molecule is CC(C)C(C)Nc1c(Nc2nn(C)c(C(=O)N(C)C)c2O)c(=O)[nH]n(C)c1=O. The van der Waals surface area contributed by atoms with E-state index in [9.17, 15) is 19.5 Å². The number of carbonyl (C=O) groups excluding carboxylic acids is 1. The molecule has 11 nitrogen and oxygen atoms in total. The monoisotopic (exact) mass is 393 g/mol. The molecule has 0 saturated heterocycles. The molecule has 1 amide bonds. The molecule has 2 aromatic rings. The van der Waals surface area contributed by atoms with E-state index in [0.29, 0.717) is 0 Å². The molecule has 0 aliphatic heterocycles. The highest BCUT2D eigenvalue weighted by molar-refractivity contribution is 5.97. The Hall–Kier alpha value is -3.24. The Morgan fingerprint density at radius 2 is 1.79 bits per heavy atom. The van der Waals surface area contributed by atoms with Crippen LogP contribution in [0.3, 0.4) is 0 Å². The summed E-state index contributed by atoms with van der Waals surface area (Å²) in [7, 11) is 6.02. The zero-order valence-corrected chi connectivity index (χ0v) is 17.1. The van der Waals surface area contributed by atoms with Gasteiger partial charge in [-0.2, -0.15) is 5.10 Å². The Labute approximate surface area is 162 Å². The zero-order valence-electron chi connectivity index (χ0n) is 17.1. The van der Waals surface area contributed by atoms with Crippen molar-refractivity contribution in [3.63, 3.8) is 0 Å². The van der Waals surface area contributed by atoms with E-state index in [4.69, 9.17) is 0 Å². The number of nitrogens with one attached hydrogen (secondary N) is 3. The number of aryl methyl sites for hydroxylation is 2. The molecule has 2 heterocycles. The van der Waals surface area contributed by atoms with Gasteiger partial charge < -0.3 is 20.6 Å². The molecule has 0 aromatic carbocycles. The number of aromatic amines is 1. The summed E-state index contributed by atoms with van der Waals surface area (Å²) in [6.07, 6.45) is 0. The molecule has 0 saturated carbocycles. The van der Waals surface area contributed by atoms with Crippen molar-refractivity contribution in [2.45, 2.75) is 26.8 Å². The third-order valence-electron chi connectivity index (χ3n) is 4.51. The fourth-order valence-electron chi connectivity index (χ4n) is 2.46. The van der Waals surface area contributed by atoms with Gasteiger partial charge in [0.05, 0.1) is 0 Å². The van der Waals surface area contributed by atoms with Crippen LogP contribution in [0.4, 0.5) is 17.2 Å². The predicted octanol–water partition coefficient (Wildman–Crippen LogP) is 0.415. The summed E-state index contributed by atoms with van der Waals surface area (Å²) >= 11 is 0. The number of hydrogen-bond donors (Lipinski definition) is 4. The van der Waals surface area contributed by atoms with Crippen LogP contribution >= 0.6 is 0 Å². The van der Waals surface area contributed by atoms with Crippen LogP contribution in [0.25, 0.3) is 0 Å². The Morgan fingerprint density at radius 3 is 2.32 bits per heavy atom. The lowest BCUT2D eigenvalue weighted by atomic mass is 10.1. The molecule has 0 aliphatic carbocycles. The summed E-state index contributed by atoms with van der Waals surface area (Å²) in [6, 6.07) is -0.0988. The van der Waals surface area contributed by atoms with Crippen LogP contribution in [-0.2, 0) is 14.1 Å². The zero-order chi connectivity index (χ0) is 21.3. The third kappa shape index (κ3) is 3.87. The quantitative estimate of drug-likeness (QED) is 0.558. The predicted molar refractivity (Wildman–Crippen MR) is 106 cm³/mol. The van der Waals surface area contributed by atoms with Crippen molar-refractivity contribution in [2.75, 3.05) is 24.7 Å². The standard InChI is InChI=1S/C17H27N7O4/c1-8(2)9(3)18-11-10(15(26)21-24(7)16(11)27)19-14-13(25)12(23(6)20-14)17(28)22(4)5/h8-9,18,25H,1-7H3,(H,19,20)(H,21,26). The van der Waals surface area contributed by atoms with Gasteiger partial charge in [0.15, 0.2) is 17.3 Å². The van der Waals surface area contributed by atoms with Gasteiger partial charge in [0.1, 0.15) is 11.4 Å². The van der Waals surface area contributed by atoms with Crippen molar-refractivity contribution in [1.82, 2.24) is 24.5 Å². The second-order valence-electron chi connectivity index (χ2n) is 7.23. The van der Waals surface area contributed by atoms with Gasteiger partial charge in [0.25, 0.3) is 17.0 Å². The first-order valence-electron chi connectivity index (χ1n) is 8.80. The van der Waals surface area contributed by atoms with Gasteiger partial charge in [0.2, 0.25) is 0 Å². The highest BCUT2D eigenvalue weighted by atomic mass is 16.3. The molecule has 0 aliphatic rings. The van der Waals surface area contributed by atoms with Crippen LogP contribution in [0.5, 0.6) is 5.75 Å². The van der Waals surface area contributed by atoms with Crippen LogP contribution in [0, 0.1) is 5.92 Å². The van der Waals surface area contributed by atoms with Gasteiger partial charge in [0, 0.05) is 34.2 Å². The van der Waals surface area contributed by atoms with Crippen molar-refractivity contribution in [1.29, 1.82) is 0 Å². The van der Waals surface area contributed by atoms with Crippen molar-refractivity contribution in [3.8, 4) is 5.75 Å². The molecule has 28 heavy (non-hydrogen) atoms. The van der Waals surface area contributed by atoms with Gasteiger partial charge in [-0.05, 0) is 12.8 Å². The van der Waals surface area contributed by atoms with E-state index in [1.165, 1.54) is 23.7 Å². The number of hydrogen-bond acceptors (Lipinski definition) is 7. The van der Waals surface area contributed by atoms with Crippen LogP contribution in [0.15, 0.2) is 9.59 Å². The van der Waals surface area contributed by atoms with Gasteiger partial charge >= 0.3 is 0 Å². The molecule has 154 valence electrons. The van der Waals surface area contributed by atoms with E-state index in [0.717, 1.165) is 4.68 Å². The normalized spacial score (nSPS) is 12.1. The molecule has 0 bridgehead atoms. The van der Waals surface area contributed by atoms with E-state index < -0.39 is 22.8 Å². The molecule has 0 radical (unpaired) electrons. The number of aromatic hydroxyl groups is 1. The fourth-order valence-corrected chi connectivity index (χ4v) is 2.46. The third-order valence-corrected chi connectivity index (χ3v) is 4.51. The molecular weight excluding hydrogens is 366 g/mol. The van der Waals surface area contributed by atoms with Crippen LogP contribution < -0.4 is 21.8 Å². The Morgan fingerprint density at radius 1 is 1.18 bits per heavy atom. The molecule has 2 aromatic heterocycles. The van der Waals surface area contributed by atoms with Crippen molar-refractivity contribution < 1.29 is 9.90 Å². The summed E-state index contributed by atoms with van der Waals surface area (Å²) in [5.74, 6) is -0.773. The summed E-state index contributed by atoms with van der Waals surface area (Å²) in [5, 5.41) is 22.7. The van der Waals surface area contributed by atoms with Crippen molar-refractivity contribution in [2.24, 2.45) is 20.0 Å². The number of nitrogens with zero attached hydrogens (tertiary/aromatic N) is 4. The molecule has 0 spiro atoms. The molecule has 0 fully saturated rings. The van der Waals surface area contributed by atoms with Crippen LogP contribution in [0.2, 0.25) is 0 Å². The first-order valence-corrected chi connectivity index (χ1v) is 8.80. The highest BCUT2D eigenvalue weighted by Gasteiger charge is 2.25. The van der Waals surface area contributed by atoms with E-state index in [2.05, 4.69) is 20.8 Å². The molecule has 1 unspecified atom stereocenters. The number of carbonyl (C=O) groups is 1. The van der Waals surface area contributed by atoms with E-state index >= 15 is 0 Å². The maximum atomic E-state index is 12.6. The number of H-pyrrole nitrogens is 1. The summed E-state index contributed by atoms with van der Waals surface area (Å²) in [4.78, 5) is 38.6. The minimum Gasteiger partial charge on any atom is -0.503 e. The maximum absolute atomic E-state index is 12.6. The summed E-state index contributed by atoms with van der Waals surface area (Å²) in [5.41, 5.74) is -1.11. The Bertz CT molecular complexity index is 1000. The summed E-state index contributed by atoms with van der Waals surface area (Å²) < 4.78 is 2.28. The van der Waals surface area contributed by atoms with Gasteiger partial charge in [-0.25, -0.2) is 0 Å². The number of anilines is 3. The lowest BCUT2D eigenvalue weighted by Crippen LogP contribution is -2.35. The minimum atomic E-state index is -0.578. The Balaban J connectivity index is 2.57. The topological polar surface area (TPSA) is 137 Å². The van der Waals surface area contributed by atoms with Crippen molar-refractivity contribution >= 4 is 23.1 Å². The molecule has 4 N–H and O–H groups in total. The Kier molecular flexibility index (Phi) is 5.86. The largest absolute Gasteiger partial charge is 0.503 e. The minimum absolute atomic E-state index is 0.0437. The highest BCUT2D eigenvalue weighted by Crippen LogP contribution is 2.30. The van der Waals surface area contributed by atoms with E-state index in [-0.39, 0.29) is 34.8 Å². The second kappa shape index (κ2) is 7.79. The first-order chi connectivity index (χ1) is 13.0. The maximum Gasteiger partial charge on any atom is 0.290 e. The summed E-state index contributed by atoms with van der Waals surface area (Å²) in [6.45, 7) is 5.85. The van der Waals surface area contributed by atoms with Gasteiger partial charge in [-0.15, -0.1) is 0 Å². The van der Waals surface area contributed by atoms with E-state index in [1.807, 2.05) is 20.8 Å². The molecule has 11 heteroatoms. The average Bonchev–Trinajstić information content (AvgIpc) is 2.88. The molecular formula is C17H27N7O4. The van der Waals surface area contributed by atoms with Crippen molar-refractivity contribution in [3.05, 3.63) is 26.4 Å². The van der Waals surface area contributed by atoms with E-state index in [1.54, 1.807) is 14.1 Å². The number of amides is 1. The van der Waals surface area contributed by atoms with Gasteiger partial charge in [-0.1, -0.05) is 13.8 Å². The van der Waals surface area contributed by atoms with Gasteiger partial charge in [-0.3, -0.25) is 28.8 Å². The molecule has 2 rings (SSSR count). The number of rotatable bonds is 6. The first kappa shape index (κ1) is 21.1. The fraction of sp³-hybridized carbons (Fsp3) is 0.529.